The molecule has 4 atom stereocenters. The van der Waals surface area contributed by atoms with Crippen molar-refractivity contribution in [2.75, 3.05) is 0 Å². The molecule has 0 aliphatic heterocycles. The van der Waals surface area contributed by atoms with Crippen molar-refractivity contribution in [2.24, 2.45) is 23.2 Å². The third-order valence-corrected chi connectivity index (χ3v) is 5.59. The van der Waals surface area contributed by atoms with Gasteiger partial charge in [-0.3, -0.25) is 4.79 Å². The largest absolute Gasteiger partial charge is 0.299 e. The van der Waals surface area contributed by atoms with Crippen LogP contribution in [-0.4, -0.2) is 5.78 Å². The van der Waals surface area contributed by atoms with E-state index < -0.39 is 0 Å². The van der Waals surface area contributed by atoms with Crippen molar-refractivity contribution >= 4 is 5.78 Å². The Morgan fingerprint density at radius 1 is 1.33 bits per heavy atom. The number of carbonyl (C=O) groups excluding carboxylic acids is 1. The quantitative estimate of drug-likeness (QED) is 0.677. The number of fused-ring (bicyclic) bond motifs is 2. The standard InChI is InChI=1S/C17H22O/c1-11-10-14-9-8-13-6-4-5-7-15(13)16(14)17(11,3)12(2)18/h4-7,11,13-14H,8-10H2,1-3H3. The SMILES string of the molecule is CC(=O)C1(C)C2=C3C=CC=CC3CCC2CC1C. The molecular weight excluding hydrogens is 220 g/mol. The molecule has 3 aliphatic rings. The maximum absolute atomic E-state index is 12.2. The summed E-state index contributed by atoms with van der Waals surface area (Å²) in [6, 6.07) is 0. The molecule has 1 saturated carbocycles. The first-order chi connectivity index (χ1) is 8.55. The number of rotatable bonds is 1. The molecule has 1 nitrogen and oxygen atoms in total. The Morgan fingerprint density at radius 2 is 2.11 bits per heavy atom. The van der Waals surface area contributed by atoms with Crippen molar-refractivity contribution in [3.8, 4) is 0 Å². The molecule has 0 spiro atoms. The van der Waals surface area contributed by atoms with Crippen LogP contribution in [0.5, 0.6) is 0 Å². The van der Waals surface area contributed by atoms with Crippen LogP contribution in [0.25, 0.3) is 0 Å². The van der Waals surface area contributed by atoms with Crippen molar-refractivity contribution in [1.82, 2.24) is 0 Å². The Morgan fingerprint density at radius 3 is 2.83 bits per heavy atom. The van der Waals surface area contributed by atoms with Crippen LogP contribution in [0.15, 0.2) is 35.5 Å². The van der Waals surface area contributed by atoms with E-state index >= 15 is 0 Å². The van der Waals surface area contributed by atoms with Crippen molar-refractivity contribution < 1.29 is 4.79 Å². The highest BCUT2D eigenvalue weighted by Gasteiger charge is 2.51. The number of Topliss-reactive ketones (excluding diaryl/α,β-unsaturated/α-hetero) is 1. The van der Waals surface area contributed by atoms with Crippen LogP contribution in [0.4, 0.5) is 0 Å². The monoisotopic (exact) mass is 242 g/mol. The Labute approximate surface area is 110 Å². The topological polar surface area (TPSA) is 17.1 Å². The fourth-order valence-corrected chi connectivity index (χ4v) is 4.31. The number of hydrogen-bond acceptors (Lipinski definition) is 1. The summed E-state index contributed by atoms with van der Waals surface area (Å²) < 4.78 is 0. The van der Waals surface area contributed by atoms with Gasteiger partial charge in [0.2, 0.25) is 0 Å². The number of carbonyl (C=O) groups is 1. The minimum Gasteiger partial charge on any atom is -0.299 e. The highest BCUT2D eigenvalue weighted by molar-refractivity contribution is 5.87. The molecule has 1 heteroatoms. The van der Waals surface area contributed by atoms with Gasteiger partial charge in [-0.2, -0.15) is 0 Å². The third-order valence-electron chi connectivity index (χ3n) is 5.59. The van der Waals surface area contributed by atoms with Crippen molar-refractivity contribution in [1.29, 1.82) is 0 Å². The van der Waals surface area contributed by atoms with E-state index in [2.05, 4.69) is 38.2 Å². The summed E-state index contributed by atoms with van der Waals surface area (Å²) in [5, 5.41) is 0. The smallest absolute Gasteiger partial charge is 0.140 e. The van der Waals surface area contributed by atoms with Gasteiger partial charge in [0.05, 0.1) is 5.41 Å². The van der Waals surface area contributed by atoms with Crippen LogP contribution < -0.4 is 0 Å². The molecule has 3 rings (SSSR count). The molecule has 0 heterocycles. The van der Waals surface area contributed by atoms with Gasteiger partial charge in [-0.25, -0.2) is 0 Å². The van der Waals surface area contributed by atoms with E-state index in [1.807, 2.05) is 0 Å². The molecule has 0 radical (unpaired) electrons. The predicted molar refractivity (Wildman–Crippen MR) is 74.1 cm³/mol. The van der Waals surface area contributed by atoms with E-state index in [0.29, 0.717) is 23.5 Å². The minimum atomic E-state index is -0.214. The fourth-order valence-electron chi connectivity index (χ4n) is 4.31. The van der Waals surface area contributed by atoms with Gasteiger partial charge in [0, 0.05) is 5.92 Å². The lowest BCUT2D eigenvalue weighted by Gasteiger charge is -2.36. The second kappa shape index (κ2) is 3.94. The highest BCUT2D eigenvalue weighted by Crippen LogP contribution is 2.57. The Balaban J connectivity index is 2.18. The Kier molecular flexibility index (Phi) is 2.62. The molecule has 0 aromatic heterocycles. The molecule has 0 N–H and O–H groups in total. The zero-order valence-electron chi connectivity index (χ0n) is 11.6. The molecule has 0 aromatic carbocycles. The summed E-state index contributed by atoms with van der Waals surface area (Å²) in [5.74, 6) is 2.05. The van der Waals surface area contributed by atoms with Gasteiger partial charge in [-0.05, 0) is 56.1 Å². The Bertz CT molecular complexity index is 480. The predicted octanol–water partition coefficient (Wildman–Crippen LogP) is 4.07. The van der Waals surface area contributed by atoms with E-state index in [4.69, 9.17) is 0 Å². The zero-order chi connectivity index (χ0) is 12.9. The Hall–Kier alpha value is -1.11. The first kappa shape index (κ1) is 12.0. The molecule has 0 bridgehead atoms. The molecule has 0 amide bonds. The van der Waals surface area contributed by atoms with Crippen molar-refractivity contribution in [2.45, 2.75) is 40.0 Å². The van der Waals surface area contributed by atoms with Crippen LogP contribution in [0.1, 0.15) is 40.0 Å². The van der Waals surface area contributed by atoms with Gasteiger partial charge in [0.1, 0.15) is 5.78 Å². The summed E-state index contributed by atoms with van der Waals surface area (Å²) in [4.78, 5) is 12.2. The molecule has 3 aliphatic carbocycles. The summed E-state index contributed by atoms with van der Waals surface area (Å²) >= 11 is 0. The van der Waals surface area contributed by atoms with Gasteiger partial charge in [-0.1, -0.05) is 31.2 Å². The first-order valence-corrected chi connectivity index (χ1v) is 7.15. The van der Waals surface area contributed by atoms with Crippen LogP contribution in [0.3, 0.4) is 0 Å². The summed E-state index contributed by atoms with van der Waals surface area (Å²) in [7, 11) is 0. The lowest BCUT2D eigenvalue weighted by molar-refractivity contribution is -0.125. The molecule has 96 valence electrons. The average Bonchev–Trinajstić information content (AvgIpc) is 2.63. The van der Waals surface area contributed by atoms with Gasteiger partial charge < -0.3 is 0 Å². The lowest BCUT2D eigenvalue weighted by Crippen LogP contribution is -2.33. The third kappa shape index (κ3) is 1.43. The van der Waals surface area contributed by atoms with Gasteiger partial charge in [-0.15, -0.1) is 0 Å². The molecule has 0 saturated heterocycles. The maximum Gasteiger partial charge on any atom is 0.140 e. The van der Waals surface area contributed by atoms with E-state index in [1.165, 1.54) is 30.4 Å². The normalized spacial score (nSPS) is 41.8. The van der Waals surface area contributed by atoms with E-state index in [9.17, 15) is 4.79 Å². The van der Waals surface area contributed by atoms with Crippen LogP contribution in [0, 0.1) is 23.2 Å². The van der Waals surface area contributed by atoms with Crippen LogP contribution in [0.2, 0.25) is 0 Å². The van der Waals surface area contributed by atoms with Gasteiger partial charge >= 0.3 is 0 Å². The average molecular weight is 242 g/mol. The first-order valence-electron chi connectivity index (χ1n) is 7.15. The van der Waals surface area contributed by atoms with Crippen molar-refractivity contribution in [3.05, 3.63) is 35.5 Å². The maximum atomic E-state index is 12.2. The lowest BCUT2D eigenvalue weighted by atomic mass is 9.67. The van der Waals surface area contributed by atoms with Crippen LogP contribution >= 0.6 is 0 Å². The summed E-state index contributed by atoms with van der Waals surface area (Å²) in [6.07, 6.45) is 12.6. The molecule has 1 fully saturated rings. The van der Waals surface area contributed by atoms with Gasteiger partial charge in [0.25, 0.3) is 0 Å². The minimum absolute atomic E-state index is 0.214. The number of hydrogen-bond donors (Lipinski definition) is 0. The fraction of sp³-hybridized carbons (Fsp3) is 0.588. The van der Waals surface area contributed by atoms with Crippen LogP contribution in [-0.2, 0) is 4.79 Å². The zero-order valence-corrected chi connectivity index (χ0v) is 11.6. The molecule has 0 aromatic rings. The van der Waals surface area contributed by atoms with E-state index in [-0.39, 0.29) is 5.41 Å². The van der Waals surface area contributed by atoms with Gasteiger partial charge in [0.15, 0.2) is 0 Å². The molecule has 18 heavy (non-hydrogen) atoms. The summed E-state index contributed by atoms with van der Waals surface area (Å²) in [6.45, 7) is 6.21. The van der Waals surface area contributed by atoms with E-state index in [1.54, 1.807) is 6.92 Å². The number of ketones is 1. The molecule has 4 unspecified atom stereocenters. The highest BCUT2D eigenvalue weighted by atomic mass is 16.1. The summed E-state index contributed by atoms with van der Waals surface area (Å²) in [5.41, 5.74) is 2.71. The second-order valence-corrected chi connectivity index (χ2v) is 6.39. The molecular formula is C17H22O. The van der Waals surface area contributed by atoms with Crippen molar-refractivity contribution in [3.63, 3.8) is 0 Å². The number of allylic oxidation sites excluding steroid dienone is 6. The second-order valence-electron chi connectivity index (χ2n) is 6.39. The van der Waals surface area contributed by atoms with E-state index in [0.717, 1.165) is 0 Å².